The van der Waals surface area contributed by atoms with E-state index in [0.717, 1.165) is 29.9 Å². The van der Waals surface area contributed by atoms with E-state index in [1.54, 1.807) is 6.07 Å². The third-order valence-electron chi connectivity index (χ3n) is 3.89. The van der Waals surface area contributed by atoms with E-state index in [2.05, 4.69) is 4.90 Å². The number of hydrogen-bond acceptors (Lipinski definition) is 3. The number of hydrogen-bond donors (Lipinski definition) is 1. The van der Waals surface area contributed by atoms with Gasteiger partial charge in [-0.3, -0.25) is 4.79 Å². The first-order chi connectivity index (χ1) is 9.02. The molecule has 0 radical (unpaired) electrons. The Bertz CT molecular complexity index is 516. The van der Waals surface area contributed by atoms with Gasteiger partial charge < -0.3 is 10.0 Å². The molecule has 2 rings (SSSR count). The molecule has 1 N–H and O–H groups in total. The van der Waals surface area contributed by atoms with E-state index < -0.39 is 11.8 Å². The Kier molecular flexibility index (Phi) is 3.88. The van der Waals surface area contributed by atoms with Crippen LogP contribution in [-0.2, 0) is 4.79 Å². The summed E-state index contributed by atoms with van der Waals surface area (Å²) in [4.78, 5) is 24.7. The van der Waals surface area contributed by atoms with Gasteiger partial charge in [-0.1, -0.05) is 0 Å². The molecule has 1 saturated heterocycles. The molecule has 1 aromatic rings. The molecule has 0 saturated carbocycles. The van der Waals surface area contributed by atoms with Crippen molar-refractivity contribution in [2.45, 2.75) is 33.1 Å². The SMILES string of the molecule is Cc1c(C(=O)C(=O)O)ccc(N2CCCCC2)c1C. The molecule has 0 aliphatic carbocycles. The van der Waals surface area contributed by atoms with Gasteiger partial charge in [0.05, 0.1) is 0 Å². The highest BCUT2D eigenvalue weighted by Crippen LogP contribution is 2.28. The number of carboxylic acid groups (broad SMARTS) is 1. The van der Waals surface area contributed by atoms with Gasteiger partial charge in [0, 0.05) is 24.3 Å². The van der Waals surface area contributed by atoms with Crippen molar-refractivity contribution >= 4 is 17.4 Å². The Hall–Kier alpha value is -1.84. The molecule has 102 valence electrons. The quantitative estimate of drug-likeness (QED) is 0.671. The number of carboxylic acids is 1. The summed E-state index contributed by atoms with van der Waals surface area (Å²) in [5, 5.41) is 8.81. The van der Waals surface area contributed by atoms with E-state index in [0.29, 0.717) is 5.56 Å². The molecule has 19 heavy (non-hydrogen) atoms. The number of piperidine rings is 1. The lowest BCUT2D eigenvalue weighted by molar-refractivity contribution is -0.131. The summed E-state index contributed by atoms with van der Waals surface area (Å²) < 4.78 is 0. The molecule has 4 heteroatoms. The van der Waals surface area contributed by atoms with Gasteiger partial charge in [-0.2, -0.15) is 0 Å². The van der Waals surface area contributed by atoms with Crippen LogP contribution in [0, 0.1) is 13.8 Å². The zero-order valence-electron chi connectivity index (χ0n) is 11.4. The first kappa shape index (κ1) is 13.6. The van der Waals surface area contributed by atoms with Crippen molar-refractivity contribution in [3.05, 3.63) is 28.8 Å². The number of carbonyl (C=O) groups excluding carboxylic acids is 1. The minimum Gasteiger partial charge on any atom is -0.475 e. The number of Topliss-reactive ketones (excluding diaryl/α,β-unsaturated/α-hetero) is 1. The predicted molar refractivity (Wildman–Crippen MR) is 73.9 cm³/mol. The van der Waals surface area contributed by atoms with Crippen LogP contribution in [0.4, 0.5) is 5.69 Å². The normalized spacial score (nSPS) is 15.4. The van der Waals surface area contributed by atoms with Gasteiger partial charge in [0.15, 0.2) is 0 Å². The van der Waals surface area contributed by atoms with Crippen molar-refractivity contribution in [3.8, 4) is 0 Å². The zero-order chi connectivity index (χ0) is 14.0. The zero-order valence-corrected chi connectivity index (χ0v) is 11.4. The van der Waals surface area contributed by atoms with Crippen LogP contribution < -0.4 is 4.90 Å². The fourth-order valence-electron chi connectivity index (χ4n) is 2.64. The minimum atomic E-state index is -1.40. The average molecular weight is 261 g/mol. The first-order valence-electron chi connectivity index (χ1n) is 6.65. The Balaban J connectivity index is 2.36. The van der Waals surface area contributed by atoms with Crippen LogP contribution in [0.1, 0.15) is 40.7 Å². The van der Waals surface area contributed by atoms with Gasteiger partial charge in [-0.15, -0.1) is 0 Å². The lowest BCUT2D eigenvalue weighted by Gasteiger charge is -2.31. The van der Waals surface area contributed by atoms with Crippen LogP contribution in [0.5, 0.6) is 0 Å². The Morgan fingerprint density at radius 1 is 1.05 bits per heavy atom. The number of carbonyl (C=O) groups is 2. The van der Waals surface area contributed by atoms with Crippen molar-refractivity contribution in [2.24, 2.45) is 0 Å². The smallest absolute Gasteiger partial charge is 0.377 e. The third-order valence-corrected chi connectivity index (χ3v) is 3.89. The van der Waals surface area contributed by atoms with Crippen molar-refractivity contribution in [1.82, 2.24) is 0 Å². The second-order valence-electron chi connectivity index (χ2n) is 5.06. The van der Waals surface area contributed by atoms with E-state index >= 15 is 0 Å². The number of rotatable bonds is 3. The Labute approximate surface area is 113 Å². The predicted octanol–water partition coefficient (Wildman–Crippen LogP) is 2.56. The Morgan fingerprint density at radius 3 is 2.26 bits per heavy atom. The van der Waals surface area contributed by atoms with E-state index in [-0.39, 0.29) is 0 Å². The molecular weight excluding hydrogens is 242 g/mol. The van der Waals surface area contributed by atoms with Gasteiger partial charge in [0.1, 0.15) is 0 Å². The summed E-state index contributed by atoms with van der Waals surface area (Å²) in [6, 6.07) is 3.52. The maximum atomic E-state index is 11.6. The molecule has 0 amide bonds. The molecule has 1 heterocycles. The molecule has 1 fully saturated rings. The fraction of sp³-hybridized carbons (Fsp3) is 0.467. The summed E-state index contributed by atoms with van der Waals surface area (Å²) in [6.45, 7) is 5.84. The largest absolute Gasteiger partial charge is 0.475 e. The summed E-state index contributed by atoms with van der Waals surface area (Å²) in [6.07, 6.45) is 3.65. The number of aliphatic carboxylic acids is 1. The maximum Gasteiger partial charge on any atom is 0.377 e. The van der Waals surface area contributed by atoms with Gasteiger partial charge in [0.2, 0.25) is 0 Å². The van der Waals surface area contributed by atoms with Gasteiger partial charge >= 0.3 is 5.97 Å². The molecule has 1 aliphatic heterocycles. The van der Waals surface area contributed by atoms with Gasteiger partial charge in [-0.05, 0) is 56.4 Å². The summed E-state index contributed by atoms with van der Waals surface area (Å²) >= 11 is 0. The summed E-state index contributed by atoms with van der Waals surface area (Å²) in [5.74, 6) is -2.22. The van der Waals surface area contributed by atoms with E-state index in [1.165, 1.54) is 19.3 Å². The third kappa shape index (κ3) is 2.62. The van der Waals surface area contributed by atoms with Crippen molar-refractivity contribution in [2.75, 3.05) is 18.0 Å². The molecule has 0 atom stereocenters. The van der Waals surface area contributed by atoms with Crippen molar-refractivity contribution in [1.29, 1.82) is 0 Å². The lowest BCUT2D eigenvalue weighted by Crippen LogP contribution is -2.30. The second-order valence-corrected chi connectivity index (χ2v) is 5.06. The summed E-state index contributed by atoms with van der Waals surface area (Å²) in [5.41, 5.74) is 3.20. The minimum absolute atomic E-state index is 0.297. The number of benzene rings is 1. The Morgan fingerprint density at radius 2 is 1.68 bits per heavy atom. The van der Waals surface area contributed by atoms with Crippen molar-refractivity contribution < 1.29 is 14.7 Å². The van der Waals surface area contributed by atoms with Crippen LogP contribution in [0.2, 0.25) is 0 Å². The van der Waals surface area contributed by atoms with Crippen LogP contribution in [0.3, 0.4) is 0 Å². The average Bonchev–Trinajstić information content (AvgIpc) is 2.42. The van der Waals surface area contributed by atoms with Crippen LogP contribution >= 0.6 is 0 Å². The second kappa shape index (κ2) is 5.43. The van der Waals surface area contributed by atoms with E-state index in [4.69, 9.17) is 5.11 Å². The molecule has 0 unspecified atom stereocenters. The van der Waals surface area contributed by atoms with E-state index in [1.807, 2.05) is 19.9 Å². The van der Waals surface area contributed by atoms with Gasteiger partial charge in [-0.25, -0.2) is 4.79 Å². The van der Waals surface area contributed by atoms with Crippen LogP contribution in [-0.4, -0.2) is 29.9 Å². The molecule has 0 bridgehead atoms. The number of nitrogens with zero attached hydrogens (tertiary/aromatic N) is 1. The molecule has 4 nitrogen and oxygen atoms in total. The highest BCUT2D eigenvalue weighted by atomic mass is 16.4. The number of ketones is 1. The molecule has 0 spiro atoms. The van der Waals surface area contributed by atoms with Crippen LogP contribution in [0.15, 0.2) is 12.1 Å². The fourth-order valence-corrected chi connectivity index (χ4v) is 2.64. The monoisotopic (exact) mass is 261 g/mol. The standard InChI is InChI=1S/C15H19NO3/c1-10-11(2)13(16-8-4-3-5-9-16)7-6-12(10)14(17)15(18)19/h6-7H,3-5,8-9H2,1-2H3,(H,18,19). The summed E-state index contributed by atoms with van der Waals surface area (Å²) in [7, 11) is 0. The highest BCUT2D eigenvalue weighted by molar-refractivity contribution is 6.40. The topological polar surface area (TPSA) is 57.6 Å². The first-order valence-corrected chi connectivity index (χ1v) is 6.65. The molecular formula is C15H19NO3. The highest BCUT2D eigenvalue weighted by Gasteiger charge is 2.21. The van der Waals surface area contributed by atoms with Crippen molar-refractivity contribution in [3.63, 3.8) is 0 Å². The molecule has 1 aliphatic rings. The lowest BCUT2D eigenvalue weighted by atomic mass is 9.97. The molecule has 0 aromatic heterocycles. The number of anilines is 1. The van der Waals surface area contributed by atoms with Gasteiger partial charge in [0.25, 0.3) is 5.78 Å². The maximum absolute atomic E-state index is 11.6. The van der Waals surface area contributed by atoms with E-state index in [9.17, 15) is 9.59 Å². The van der Waals surface area contributed by atoms with Crippen LogP contribution in [0.25, 0.3) is 0 Å². The molecule has 1 aromatic carbocycles.